The minimum Gasteiger partial charge on any atom is -0.507 e. The Kier molecular flexibility index (Phi) is 14.6. The Morgan fingerprint density at radius 3 is 1.97 bits per heavy atom. The van der Waals surface area contributed by atoms with Gasteiger partial charge in [-0.15, -0.1) is 14.6 Å². The molecule has 7 N–H and O–H groups in total. The van der Waals surface area contributed by atoms with E-state index in [0.717, 1.165) is 18.2 Å². The quantitative estimate of drug-likeness (QED) is 0.0112. The number of carbonyl (C=O) groups excluding carboxylic acids is 3. The van der Waals surface area contributed by atoms with Crippen LogP contribution < -0.4 is 15.5 Å². The summed E-state index contributed by atoms with van der Waals surface area (Å²) in [5, 5.41) is 56.4. The molecule has 0 aliphatic heterocycles. The molecule has 0 saturated heterocycles. The van der Waals surface area contributed by atoms with Gasteiger partial charge in [0.15, 0.2) is 18.1 Å². The van der Waals surface area contributed by atoms with Crippen molar-refractivity contribution in [2.75, 3.05) is 17.3 Å². The van der Waals surface area contributed by atoms with Gasteiger partial charge in [-0.2, -0.15) is 32.2 Å². The Bertz CT molecular complexity index is 3300. The largest absolute Gasteiger partial charge is 0.507 e. The van der Waals surface area contributed by atoms with Gasteiger partial charge in [0.2, 0.25) is 5.78 Å². The molecule has 7 rings (SSSR count). The van der Waals surface area contributed by atoms with E-state index in [4.69, 9.17) is 9.99 Å². The monoisotopic (exact) mass is 981 g/mol. The SMILES string of the molecule is O=C(COc1ccc(C(=O)c2ccccc2)c(O)c1)Nc1ccc(N=Nc2ccc(N=Nc3cc4c(cc3SOOO)C=C(S(=O)(=O)O)/C(=N/Nc3ccc(S(=O)(=O)O)cc3)C4=O)cc2)c(O)c1. The number of nitrogens with one attached hydrogen (secondary N) is 2. The second-order valence-electron chi connectivity index (χ2n) is 13.8. The molecule has 0 bridgehead atoms. The highest BCUT2D eigenvalue weighted by atomic mass is 32.2. The van der Waals surface area contributed by atoms with E-state index in [1.807, 2.05) is 0 Å². The van der Waals surface area contributed by atoms with Gasteiger partial charge in [0.1, 0.15) is 33.5 Å². The average molecular weight is 982 g/mol. The van der Waals surface area contributed by atoms with E-state index in [1.165, 1.54) is 84.9 Å². The molecule has 0 fully saturated rings. The van der Waals surface area contributed by atoms with Crippen LogP contribution in [-0.4, -0.2) is 71.2 Å². The lowest BCUT2D eigenvalue weighted by atomic mass is 9.94. The Balaban J connectivity index is 0.998. The average Bonchev–Trinajstić information content (AvgIpc) is 3.31. The number of rotatable bonds is 17. The second-order valence-corrected chi connectivity index (χ2v) is 17.4. The highest BCUT2D eigenvalue weighted by Crippen LogP contribution is 2.38. The molecule has 1 aliphatic rings. The van der Waals surface area contributed by atoms with Crippen molar-refractivity contribution in [3.63, 3.8) is 0 Å². The molecule has 6 aromatic rings. The summed E-state index contributed by atoms with van der Waals surface area (Å²) in [6.07, 6.45) is 0.949. The lowest BCUT2D eigenvalue weighted by Crippen LogP contribution is -2.27. The normalized spacial score (nSPS) is 13.4. The number of carbonyl (C=O) groups is 3. The van der Waals surface area contributed by atoms with Crippen molar-refractivity contribution in [1.82, 2.24) is 0 Å². The van der Waals surface area contributed by atoms with Crippen molar-refractivity contribution >= 4 is 95.7 Å². The van der Waals surface area contributed by atoms with E-state index in [-0.39, 0.29) is 73.1 Å². The fourth-order valence-corrected chi connectivity index (χ4v) is 7.65. The van der Waals surface area contributed by atoms with Crippen LogP contribution >= 0.6 is 12.0 Å². The number of aromatic hydroxyl groups is 2. The Labute approximate surface area is 388 Å². The van der Waals surface area contributed by atoms with E-state index in [9.17, 15) is 50.5 Å². The van der Waals surface area contributed by atoms with Crippen molar-refractivity contribution in [1.29, 1.82) is 0 Å². The molecule has 25 heteroatoms. The minimum atomic E-state index is -5.06. The summed E-state index contributed by atoms with van der Waals surface area (Å²) >= 11 is 0.418. The number of hydrogen-bond acceptors (Lipinski definition) is 20. The summed E-state index contributed by atoms with van der Waals surface area (Å²) in [6, 6.07) is 29.5. The number of ether oxygens (including phenoxy) is 1. The summed E-state index contributed by atoms with van der Waals surface area (Å²) in [6.45, 7) is -0.458. The number of amides is 1. The van der Waals surface area contributed by atoms with Crippen molar-refractivity contribution in [3.05, 3.63) is 155 Å². The number of phenolic OH excluding ortho intramolecular Hbond substituents is 2. The first kappa shape index (κ1) is 47.9. The third kappa shape index (κ3) is 11.9. The van der Waals surface area contributed by atoms with Crippen LogP contribution in [0.5, 0.6) is 17.2 Å². The molecule has 1 amide bonds. The molecule has 22 nitrogen and oxygen atoms in total. The molecule has 6 aromatic carbocycles. The lowest BCUT2D eigenvalue weighted by molar-refractivity contribution is -0.432. The van der Waals surface area contributed by atoms with Crippen LogP contribution in [0.3, 0.4) is 0 Å². The number of allylic oxidation sites excluding steroid dienone is 1. The number of phenols is 2. The van der Waals surface area contributed by atoms with Gasteiger partial charge < -0.3 is 20.3 Å². The standard InChI is InChI=1S/C43H31N7O15S3/c51-36-21-30(13-16-32(36)42(54)24-4-2-1-3-5-24)63-23-40(53)44-29-12-17-34(37(52)20-29)48-45-26-6-8-27(9-7-26)46-49-35-22-33-25(18-38(35)66-65-64-56)19-39(68(60,61)62)41(43(33)55)50-47-28-10-14-31(15-11-28)67(57,58)59/h1-22,47,51-52,56H,23H2,(H,44,53)(H,57,58,59)(H,60,61,62)/b48-45?,49-46?,50-41-. The van der Waals surface area contributed by atoms with Gasteiger partial charge in [0.05, 0.1) is 44.5 Å². The van der Waals surface area contributed by atoms with Gasteiger partial charge in [-0.1, -0.05) is 35.4 Å². The topological polar surface area (TPSA) is 334 Å². The molecule has 68 heavy (non-hydrogen) atoms. The first-order valence-corrected chi connectivity index (χ1v) is 22.7. The van der Waals surface area contributed by atoms with Crippen LogP contribution in [-0.2, 0) is 34.4 Å². The summed E-state index contributed by atoms with van der Waals surface area (Å²) < 4.78 is 76.7. The second kappa shape index (κ2) is 20.7. The van der Waals surface area contributed by atoms with Gasteiger partial charge >= 0.3 is 0 Å². The van der Waals surface area contributed by atoms with Crippen LogP contribution in [0.2, 0.25) is 0 Å². The number of nitrogens with zero attached hydrogens (tertiary/aromatic N) is 5. The van der Waals surface area contributed by atoms with Crippen molar-refractivity contribution < 1.29 is 69.9 Å². The van der Waals surface area contributed by atoms with Crippen LogP contribution in [0.4, 0.5) is 34.1 Å². The number of benzene rings is 6. The van der Waals surface area contributed by atoms with Crippen molar-refractivity contribution in [2.45, 2.75) is 9.79 Å². The zero-order valence-electron chi connectivity index (χ0n) is 34.2. The fraction of sp³-hybridized carbons (Fsp3) is 0.0233. The third-order valence-electron chi connectivity index (χ3n) is 9.27. The van der Waals surface area contributed by atoms with Crippen LogP contribution in [0.25, 0.3) is 6.08 Å². The number of anilines is 2. The number of azo groups is 2. The van der Waals surface area contributed by atoms with E-state index in [2.05, 4.69) is 45.7 Å². The molecule has 0 aromatic heterocycles. The van der Waals surface area contributed by atoms with Crippen LogP contribution in [0.1, 0.15) is 31.8 Å². The highest BCUT2D eigenvalue weighted by Gasteiger charge is 2.34. The van der Waals surface area contributed by atoms with Crippen LogP contribution in [0, 0.1) is 0 Å². The number of hydrogen-bond donors (Lipinski definition) is 7. The van der Waals surface area contributed by atoms with Crippen LogP contribution in [0.15, 0.2) is 168 Å². The van der Waals surface area contributed by atoms with E-state index >= 15 is 0 Å². The smallest absolute Gasteiger partial charge is 0.296 e. The number of fused-ring (bicyclic) bond motifs is 1. The third-order valence-corrected chi connectivity index (χ3v) is 11.6. The van der Waals surface area contributed by atoms with Gasteiger partial charge in [-0.05, 0) is 96.6 Å². The predicted octanol–water partition coefficient (Wildman–Crippen LogP) is 8.75. The first-order chi connectivity index (χ1) is 32.5. The highest BCUT2D eigenvalue weighted by molar-refractivity contribution is 7.94. The fourth-order valence-electron chi connectivity index (χ4n) is 6.05. The molecule has 0 heterocycles. The molecule has 0 saturated carbocycles. The zero-order chi connectivity index (χ0) is 48.6. The molecule has 0 spiro atoms. The maximum absolute atomic E-state index is 13.7. The Morgan fingerprint density at radius 1 is 0.691 bits per heavy atom. The number of hydrazone groups is 1. The minimum absolute atomic E-state index is 0.0343. The van der Waals surface area contributed by atoms with Gasteiger partial charge in [0, 0.05) is 28.9 Å². The molecular formula is C43H31N7O15S3. The first-order valence-electron chi connectivity index (χ1n) is 19.1. The van der Waals surface area contributed by atoms with Crippen molar-refractivity contribution in [3.8, 4) is 17.2 Å². The van der Waals surface area contributed by atoms with Crippen molar-refractivity contribution in [2.24, 2.45) is 25.6 Å². The molecule has 0 unspecified atom stereocenters. The van der Waals surface area contributed by atoms with E-state index < -0.39 is 54.0 Å². The summed E-state index contributed by atoms with van der Waals surface area (Å²) in [5.41, 5.74) is 2.85. The molecule has 0 radical (unpaired) electrons. The zero-order valence-corrected chi connectivity index (χ0v) is 36.6. The maximum Gasteiger partial charge on any atom is 0.296 e. The molecule has 1 aliphatic carbocycles. The molecule has 346 valence electrons. The predicted molar refractivity (Wildman–Crippen MR) is 243 cm³/mol. The van der Waals surface area contributed by atoms with Gasteiger partial charge in [-0.3, -0.25) is 28.9 Å². The van der Waals surface area contributed by atoms with Gasteiger partial charge in [0.25, 0.3) is 26.1 Å². The summed E-state index contributed by atoms with van der Waals surface area (Å²) in [5.74, 6) is -2.46. The number of ketones is 2. The van der Waals surface area contributed by atoms with E-state index in [0.29, 0.717) is 23.3 Å². The lowest BCUT2D eigenvalue weighted by Gasteiger charge is -2.17. The molecular weight excluding hydrogens is 951 g/mol. The number of Topliss-reactive ketones (excluding diaryl/α,β-unsaturated/α-hetero) is 1. The molecule has 0 atom stereocenters. The van der Waals surface area contributed by atoms with E-state index in [1.54, 1.807) is 30.3 Å². The summed E-state index contributed by atoms with van der Waals surface area (Å²) in [7, 11) is -9.58. The maximum atomic E-state index is 13.7. The Morgan fingerprint density at radius 2 is 1.35 bits per heavy atom. The summed E-state index contributed by atoms with van der Waals surface area (Å²) in [4.78, 5) is 37.7. The van der Waals surface area contributed by atoms with Gasteiger partial charge in [-0.25, -0.2) is 5.26 Å². The Hall–Kier alpha value is -8.01.